The van der Waals surface area contributed by atoms with Crippen LogP contribution < -0.4 is 5.56 Å². The second-order valence-electron chi connectivity index (χ2n) is 6.62. The van der Waals surface area contributed by atoms with E-state index in [1.165, 1.54) is 24.3 Å². The number of aromatic nitrogens is 2. The molecule has 24 heavy (non-hydrogen) atoms. The zero-order valence-corrected chi connectivity index (χ0v) is 13.1. The van der Waals surface area contributed by atoms with Crippen molar-refractivity contribution in [1.29, 1.82) is 0 Å². The van der Waals surface area contributed by atoms with Gasteiger partial charge in [-0.2, -0.15) is 5.10 Å². The summed E-state index contributed by atoms with van der Waals surface area (Å²) in [7, 11) is 0. The van der Waals surface area contributed by atoms with Crippen LogP contribution in [0.15, 0.2) is 41.2 Å². The molecule has 0 saturated carbocycles. The maximum atomic E-state index is 13.1. The molecule has 0 radical (unpaired) electrons. The van der Waals surface area contributed by atoms with Gasteiger partial charge in [0.2, 0.25) is 0 Å². The summed E-state index contributed by atoms with van der Waals surface area (Å²) >= 11 is 0. The topological polar surface area (TPSA) is 66.1 Å². The summed E-state index contributed by atoms with van der Waals surface area (Å²) in [6.45, 7) is 0. The molecule has 1 aromatic carbocycles. The molecular weight excluding hydrogens is 309 g/mol. The Hall–Kier alpha value is -2.50. The lowest BCUT2D eigenvalue weighted by atomic mass is 9.85. The van der Waals surface area contributed by atoms with Gasteiger partial charge in [0.1, 0.15) is 11.5 Å². The van der Waals surface area contributed by atoms with Gasteiger partial charge in [-0.3, -0.25) is 9.59 Å². The Balaban J connectivity index is 1.54. The fourth-order valence-electron chi connectivity index (χ4n) is 4.11. The number of rotatable bonds is 2. The largest absolute Gasteiger partial charge is 0.331 e. The van der Waals surface area contributed by atoms with Crippen LogP contribution in [0.3, 0.4) is 0 Å². The van der Waals surface area contributed by atoms with Gasteiger partial charge in [-0.05, 0) is 55.4 Å². The summed E-state index contributed by atoms with van der Waals surface area (Å²) in [4.78, 5) is 25.8. The molecule has 1 N–H and O–H groups in total. The van der Waals surface area contributed by atoms with Crippen LogP contribution in [0.2, 0.25) is 0 Å². The average Bonchev–Trinajstić information content (AvgIpc) is 2.85. The van der Waals surface area contributed by atoms with Gasteiger partial charge in [-0.25, -0.2) is 9.49 Å². The number of benzene rings is 1. The van der Waals surface area contributed by atoms with Crippen LogP contribution in [-0.4, -0.2) is 33.1 Å². The first kappa shape index (κ1) is 15.1. The number of carbonyl (C=O) groups excluding carboxylic acids is 1. The molecule has 0 aliphatic carbocycles. The molecule has 4 rings (SSSR count). The van der Waals surface area contributed by atoms with Crippen molar-refractivity contribution in [2.75, 3.05) is 0 Å². The highest BCUT2D eigenvalue weighted by molar-refractivity contribution is 5.92. The molecule has 2 aliphatic rings. The third kappa shape index (κ3) is 2.62. The molecule has 0 spiro atoms. The van der Waals surface area contributed by atoms with Crippen LogP contribution in [-0.2, 0) is 0 Å². The van der Waals surface area contributed by atoms with E-state index in [1.807, 2.05) is 17.0 Å². The monoisotopic (exact) mass is 327 g/mol. The highest BCUT2D eigenvalue weighted by Crippen LogP contribution is 2.43. The van der Waals surface area contributed by atoms with Crippen molar-refractivity contribution in [2.45, 2.75) is 43.7 Å². The van der Waals surface area contributed by atoms with Crippen molar-refractivity contribution in [1.82, 2.24) is 15.1 Å². The summed E-state index contributed by atoms with van der Waals surface area (Å²) in [6, 6.07) is 9.86. The first-order chi connectivity index (χ1) is 11.6. The van der Waals surface area contributed by atoms with Crippen LogP contribution in [0.25, 0.3) is 0 Å². The number of H-pyrrole nitrogens is 1. The Bertz CT molecular complexity index is 783. The van der Waals surface area contributed by atoms with Gasteiger partial charge in [0.25, 0.3) is 11.5 Å². The van der Waals surface area contributed by atoms with Crippen molar-refractivity contribution < 1.29 is 9.18 Å². The quantitative estimate of drug-likeness (QED) is 0.921. The molecule has 2 bridgehead atoms. The Morgan fingerprint density at radius 2 is 1.75 bits per heavy atom. The SMILES string of the molecule is O=C(c1ccc(=O)[nH]n1)N1[C@H]2CC[C@H]1CC(c1ccc(F)cc1)C2. The van der Waals surface area contributed by atoms with Gasteiger partial charge in [0.05, 0.1) is 0 Å². The summed E-state index contributed by atoms with van der Waals surface area (Å²) in [6.07, 6.45) is 3.74. The van der Waals surface area contributed by atoms with E-state index in [-0.39, 0.29) is 35.1 Å². The van der Waals surface area contributed by atoms with Crippen molar-refractivity contribution >= 4 is 5.91 Å². The summed E-state index contributed by atoms with van der Waals surface area (Å²) in [5.41, 5.74) is 1.11. The van der Waals surface area contributed by atoms with E-state index in [1.54, 1.807) is 0 Å². The number of hydrogen-bond acceptors (Lipinski definition) is 3. The standard InChI is InChI=1S/C18H18FN3O2/c19-13-3-1-11(2-4-13)12-9-14-5-6-15(10-12)22(14)18(24)16-7-8-17(23)21-20-16/h1-4,7-8,12,14-15H,5-6,9-10H2,(H,21,23)/t14-,15-/m0/s1. The van der Waals surface area contributed by atoms with Gasteiger partial charge >= 0.3 is 0 Å². The highest BCUT2D eigenvalue weighted by atomic mass is 19.1. The van der Waals surface area contributed by atoms with Crippen molar-refractivity contribution in [3.05, 3.63) is 63.8 Å². The van der Waals surface area contributed by atoms with E-state index in [0.29, 0.717) is 5.92 Å². The first-order valence-corrected chi connectivity index (χ1v) is 8.25. The van der Waals surface area contributed by atoms with Gasteiger partial charge < -0.3 is 4.90 Å². The number of nitrogens with zero attached hydrogens (tertiary/aromatic N) is 2. The van der Waals surface area contributed by atoms with Crippen LogP contribution in [0, 0.1) is 5.82 Å². The van der Waals surface area contributed by atoms with Crippen molar-refractivity contribution in [3.8, 4) is 0 Å². The molecule has 124 valence electrons. The van der Waals surface area contributed by atoms with Crippen LogP contribution in [0.5, 0.6) is 0 Å². The molecule has 1 amide bonds. The number of fused-ring (bicyclic) bond motifs is 2. The number of aromatic amines is 1. The van der Waals surface area contributed by atoms with E-state index >= 15 is 0 Å². The normalized spacial score (nSPS) is 25.7. The molecule has 5 nitrogen and oxygen atoms in total. The Morgan fingerprint density at radius 3 is 2.33 bits per heavy atom. The third-order valence-electron chi connectivity index (χ3n) is 5.21. The van der Waals surface area contributed by atoms with E-state index < -0.39 is 0 Å². The molecule has 2 saturated heterocycles. The lowest BCUT2D eigenvalue weighted by Crippen LogP contribution is -2.46. The Kier molecular flexibility index (Phi) is 3.67. The Morgan fingerprint density at radius 1 is 1.08 bits per heavy atom. The summed E-state index contributed by atoms with van der Waals surface area (Å²) in [5, 5.41) is 6.19. The maximum absolute atomic E-state index is 13.1. The number of amides is 1. The summed E-state index contributed by atoms with van der Waals surface area (Å²) < 4.78 is 13.1. The second kappa shape index (κ2) is 5.85. The number of nitrogens with one attached hydrogen (secondary N) is 1. The molecular formula is C18H18FN3O2. The van der Waals surface area contributed by atoms with E-state index in [4.69, 9.17) is 0 Å². The predicted octanol–water partition coefficient (Wildman–Crippen LogP) is 2.46. The zero-order valence-electron chi connectivity index (χ0n) is 13.1. The predicted molar refractivity (Wildman–Crippen MR) is 86.2 cm³/mol. The highest BCUT2D eigenvalue weighted by Gasteiger charge is 2.44. The first-order valence-electron chi connectivity index (χ1n) is 8.25. The number of piperidine rings is 1. The second-order valence-corrected chi connectivity index (χ2v) is 6.62. The number of halogens is 1. The summed E-state index contributed by atoms with van der Waals surface area (Å²) in [5.74, 6) is 0.0190. The molecule has 6 heteroatoms. The fourth-order valence-corrected chi connectivity index (χ4v) is 4.11. The van der Waals surface area contributed by atoms with E-state index in [2.05, 4.69) is 10.2 Å². The van der Waals surface area contributed by atoms with E-state index in [0.717, 1.165) is 31.2 Å². The third-order valence-corrected chi connectivity index (χ3v) is 5.21. The van der Waals surface area contributed by atoms with E-state index in [9.17, 15) is 14.0 Å². The molecule has 1 aromatic heterocycles. The Labute approximate surface area is 138 Å². The van der Waals surface area contributed by atoms with Crippen molar-refractivity contribution in [3.63, 3.8) is 0 Å². The molecule has 2 fully saturated rings. The van der Waals surface area contributed by atoms with Gasteiger partial charge in [-0.15, -0.1) is 0 Å². The van der Waals surface area contributed by atoms with Crippen molar-refractivity contribution in [2.24, 2.45) is 0 Å². The fraction of sp³-hybridized carbons (Fsp3) is 0.389. The van der Waals surface area contributed by atoms with Gasteiger partial charge in [0, 0.05) is 18.2 Å². The van der Waals surface area contributed by atoms with Gasteiger partial charge in [-0.1, -0.05) is 12.1 Å². The van der Waals surface area contributed by atoms with Crippen LogP contribution in [0.1, 0.15) is 47.7 Å². The smallest absolute Gasteiger partial charge is 0.274 e. The lowest BCUT2D eigenvalue weighted by Gasteiger charge is -2.39. The van der Waals surface area contributed by atoms with Crippen LogP contribution in [0.4, 0.5) is 4.39 Å². The molecule has 2 aliphatic heterocycles. The lowest BCUT2D eigenvalue weighted by molar-refractivity contribution is 0.0564. The zero-order chi connectivity index (χ0) is 16.7. The van der Waals surface area contributed by atoms with Crippen LogP contribution >= 0.6 is 0 Å². The minimum Gasteiger partial charge on any atom is -0.331 e. The molecule has 3 heterocycles. The molecule has 2 aromatic rings. The number of carbonyl (C=O) groups is 1. The van der Waals surface area contributed by atoms with Gasteiger partial charge in [0.15, 0.2) is 0 Å². The molecule has 0 unspecified atom stereocenters. The minimum absolute atomic E-state index is 0.115. The maximum Gasteiger partial charge on any atom is 0.274 e. The average molecular weight is 327 g/mol. The number of hydrogen-bond donors (Lipinski definition) is 1. The minimum atomic E-state index is -0.315. The molecule has 2 atom stereocenters.